The van der Waals surface area contributed by atoms with Gasteiger partial charge >= 0.3 is 17.9 Å². The van der Waals surface area contributed by atoms with Gasteiger partial charge in [-0.1, -0.05) is 452 Å². The Balaban J connectivity index is 1.28. The van der Waals surface area contributed by atoms with E-state index in [1.807, 2.05) is 0 Å². The van der Waals surface area contributed by atoms with Crippen molar-refractivity contribution in [1.29, 1.82) is 0 Å². The van der Waals surface area contributed by atoms with Crippen molar-refractivity contribution in [3.63, 3.8) is 0 Å². The van der Waals surface area contributed by atoms with Crippen LogP contribution in [0.15, 0.2) is 102 Å². The molecule has 13 nitrogen and oxygen atoms in total. The molecule has 0 aliphatic rings. The van der Waals surface area contributed by atoms with Gasteiger partial charge < -0.3 is 43.0 Å². The SMILES string of the molecule is CCCCCCCCCCCCCCCCOc1ccc(C(=O)Oc2ccc(N=Cc3ccc(OC(=O)c4cc(OCCCCCCCCCCCCCCCC)c(OCCCCCCCCCCCCCCCC)c(OCCCCCCCCCCCCCCCC)c4)cc3O)cc2OC(=O)c2ccc(OCCCCCCCCCCCCCCCC)cc2)cc1. The van der Waals surface area contributed by atoms with Crippen molar-refractivity contribution in [2.24, 2.45) is 4.99 Å². The van der Waals surface area contributed by atoms with E-state index in [0.29, 0.717) is 78.6 Å². The molecule has 0 unspecified atom stereocenters. The standard InChI is InChI=1S/C114H183NO12/c1-6-11-16-21-26-31-36-41-46-51-56-61-66-71-88-120-103-82-76-98(77-83-103)112(117)126-107-87-81-102(95-108(107)127-113(118)99-78-84-104(85-79-99)121-89-72-67-62-57-52-47-42-37-32-27-22-17-12-7-2)115-97-100-80-86-105(96-106(100)116)125-114(119)101-93-109(122-90-73-68-63-58-53-48-43-38-33-28-23-18-13-8-3)111(124-92-75-70-65-60-55-50-45-40-35-30-25-20-15-10-5)110(94-101)123-91-74-69-64-59-54-49-44-39-34-29-24-19-14-9-4/h76-87,93-97,116H,6-75,88-92H2,1-5H3. The van der Waals surface area contributed by atoms with Crippen LogP contribution in [0.1, 0.15) is 521 Å². The molecule has 5 aromatic rings. The summed E-state index contributed by atoms with van der Waals surface area (Å²) in [7, 11) is 0. The van der Waals surface area contributed by atoms with E-state index in [-0.39, 0.29) is 34.1 Å². The summed E-state index contributed by atoms with van der Waals surface area (Å²) >= 11 is 0. The second-order valence-electron chi connectivity index (χ2n) is 36.9. The zero-order valence-corrected chi connectivity index (χ0v) is 81.7. The normalized spacial score (nSPS) is 11.4. The predicted molar refractivity (Wildman–Crippen MR) is 535 cm³/mol. The Bertz CT molecular complexity index is 3420. The lowest BCUT2D eigenvalue weighted by molar-refractivity contribution is 0.0682. The van der Waals surface area contributed by atoms with Gasteiger partial charge in [0.1, 0.15) is 23.0 Å². The van der Waals surface area contributed by atoms with E-state index in [0.717, 1.165) is 77.0 Å². The quantitative estimate of drug-likeness (QED) is 0.0170. The maximum Gasteiger partial charge on any atom is 0.343 e. The molecule has 0 saturated heterocycles. The lowest BCUT2D eigenvalue weighted by Crippen LogP contribution is -2.12. The molecule has 5 rings (SSSR count). The first-order valence-corrected chi connectivity index (χ1v) is 53.4. The number of rotatable bonds is 88. The molecule has 0 atom stereocenters. The van der Waals surface area contributed by atoms with Crippen LogP contribution in [0.3, 0.4) is 0 Å². The fourth-order valence-electron chi connectivity index (χ4n) is 16.9. The fraction of sp³-hybridized carbons (Fsp3) is 0.702. The van der Waals surface area contributed by atoms with E-state index in [4.69, 9.17) is 42.9 Å². The van der Waals surface area contributed by atoms with Crippen LogP contribution in [-0.4, -0.2) is 62.3 Å². The van der Waals surface area contributed by atoms with E-state index < -0.39 is 17.9 Å². The number of carbonyl (C=O) groups is 3. The van der Waals surface area contributed by atoms with Crippen molar-refractivity contribution in [2.75, 3.05) is 33.0 Å². The minimum Gasteiger partial charge on any atom is -0.507 e. The molecule has 1 N–H and O–H groups in total. The maximum atomic E-state index is 14.6. The van der Waals surface area contributed by atoms with Crippen LogP contribution in [0.2, 0.25) is 0 Å². The number of hydrogen-bond donors (Lipinski definition) is 1. The lowest BCUT2D eigenvalue weighted by Gasteiger charge is -2.19. The zero-order valence-electron chi connectivity index (χ0n) is 81.7. The van der Waals surface area contributed by atoms with Gasteiger partial charge in [0.25, 0.3) is 0 Å². The Kier molecular flexibility index (Phi) is 68.6. The van der Waals surface area contributed by atoms with E-state index in [9.17, 15) is 19.5 Å². The number of benzene rings is 5. The van der Waals surface area contributed by atoms with Crippen molar-refractivity contribution in [1.82, 2.24) is 0 Å². The van der Waals surface area contributed by atoms with Gasteiger partial charge in [-0.2, -0.15) is 0 Å². The molecule has 13 heteroatoms. The number of esters is 3. The van der Waals surface area contributed by atoms with Crippen molar-refractivity contribution >= 4 is 29.8 Å². The molecule has 0 radical (unpaired) electrons. The van der Waals surface area contributed by atoms with Crippen LogP contribution in [0.5, 0.6) is 51.7 Å². The van der Waals surface area contributed by atoms with Gasteiger partial charge in [-0.15, -0.1) is 0 Å². The van der Waals surface area contributed by atoms with Gasteiger partial charge in [-0.25, -0.2) is 14.4 Å². The third-order valence-corrected chi connectivity index (χ3v) is 25.1. The van der Waals surface area contributed by atoms with Crippen molar-refractivity contribution < 1.29 is 57.4 Å². The number of aliphatic imine (C=N–C) groups is 1. The molecule has 716 valence electrons. The highest BCUT2D eigenvalue weighted by molar-refractivity contribution is 5.95. The van der Waals surface area contributed by atoms with Crippen molar-refractivity contribution in [3.05, 3.63) is 119 Å². The Hall–Kier alpha value is -7.02. The second kappa shape index (κ2) is 78.8. The Morgan fingerprint density at radius 3 is 0.780 bits per heavy atom. The third kappa shape index (κ3) is 57.0. The average molecular weight is 1760 g/mol. The summed E-state index contributed by atoms with van der Waals surface area (Å²) in [5.74, 6) is 0.735. The molecule has 0 saturated carbocycles. The number of phenolic OH excluding ortho intramolecular Hbond substituents is 1. The smallest absolute Gasteiger partial charge is 0.343 e. The first kappa shape index (κ1) is 110. The van der Waals surface area contributed by atoms with E-state index in [1.54, 1.807) is 78.9 Å². The van der Waals surface area contributed by atoms with Crippen LogP contribution in [-0.2, 0) is 0 Å². The summed E-state index contributed by atoms with van der Waals surface area (Å²) in [6.45, 7) is 14.0. The number of unbranched alkanes of at least 4 members (excludes halogenated alkanes) is 65. The summed E-state index contributed by atoms with van der Waals surface area (Å²) in [6.07, 6.45) is 90.8. The van der Waals surface area contributed by atoms with Crippen LogP contribution >= 0.6 is 0 Å². The summed E-state index contributed by atoms with van der Waals surface area (Å²) < 4.78 is 50.4. The van der Waals surface area contributed by atoms with E-state index >= 15 is 0 Å². The highest BCUT2D eigenvalue weighted by Gasteiger charge is 2.23. The molecular formula is C114H183NO12. The van der Waals surface area contributed by atoms with Crippen LogP contribution in [0, 0.1) is 0 Å². The lowest BCUT2D eigenvalue weighted by atomic mass is 10.0. The van der Waals surface area contributed by atoms with Gasteiger partial charge in [0, 0.05) is 23.9 Å². The summed E-state index contributed by atoms with van der Waals surface area (Å²) in [6, 6.07) is 26.5. The summed E-state index contributed by atoms with van der Waals surface area (Å²) in [4.78, 5) is 47.3. The Morgan fingerprint density at radius 2 is 0.488 bits per heavy atom. The molecular weight excluding hydrogens is 1580 g/mol. The van der Waals surface area contributed by atoms with E-state index in [2.05, 4.69) is 34.6 Å². The first-order chi connectivity index (χ1) is 62.7. The highest BCUT2D eigenvalue weighted by atomic mass is 16.6. The zero-order chi connectivity index (χ0) is 90.2. The monoisotopic (exact) mass is 1760 g/mol. The van der Waals surface area contributed by atoms with Crippen molar-refractivity contribution in [3.8, 4) is 51.7 Å². The van der Waals surface area contributed by atoms with Crippen LogP contribution < -0.4 is 37.9 Å². The number of carbonyl (C=O) groups excluding carboxylic acids is 3. The minimum atomic E-state index is -0.673. The molecule has 0 aliphatic carbocycles. The fourth-order valence-corrected chi connectivity index (χ4v) is 16.9. The Morgan fingerprint density at radius 1 is 0.236 bits per heavy atom. The van der Waals surface area contributed by atoms with Crippen molar-refractivity contribution in [2.45, 2.75) is 484 Å². The number of hydrogen-bond acceptors (Lipinski definition) is 13. The summed E-state index contributed by atoms with van der Waals surface area (Å²) in [5, 5.41) is 11.6. The van der Waals surface area contributed by atoms with Crippen LogP contribution in [0.4, 0.5) is 5.69 Å². The Labute approximate surface area is 775 Å². The van der Waals surface area contributed by atoms with Gasteiger partial charge in [0.05, 0.1) is 55.4 Å². The van der Waals surface area contributed by atoms with Gasteiger partial charge in [-0.3, -0.25) is 4.99 Å². The largest absolute Gasteiger partial charge is 0.507 e. The average Bonchev–Trinajstić information content (AvgIpc) is 0.812. The number of ether oxygens (including phenoxy) is 8. The first-order valence-electron chi connectivity index (χ1n) is 53.4. The maximum absolute atomic E-state index is 14.6. The molecule has 5 aromatic carbocycles. The van der Waals surface area contributed by atoms with Crippen LogP contribution in [0.25, 0.3) is 0 Å². The molecule has 0 fully saturated rings. The number of aromatic hydroxyl groups is 1. The molecule has 0 heterocycles. The van der Waals surface area contributed by atoms with Gasteiger partial charge in [-0.05, 0) is 117 Å². The number of phenols is 1. The number of nitrogens with zero attached hydrogens (tertiary/aromatic N) is 1. The molecule has 0 aromatic heterocycles. The molecule has 0 bridgehead atoms. The van der Waals surface area contributed by atoms with Gasteiger partial charge in [0.15, 0.2) is 23.0 Å². The second-order valence-corrected chi connectivity index (χ2v) is 36.9. The van der Waals surface area contributed by atoms with E-state index in [1.165, 1.54) is 397 Å². The molecule has 0 aliphatic heterocycles. The third-order valence-electron chi connectivity index (χ3n) is 25.1. The molecule has 127 heavy (non-hydrogen) atoms. The topological polar surface area (TPSA) is 158 Å². The predicted octanol–water partition coefficient (Wildman–Crippen LogP) is 36.1. The minimum absolute atomic E-state index is 0.00682. The summed E-state index contributed by atoms with van der Waals surface area (Å²) in [5.41, 5.74) is 1.47. The molecule has 0 spiro atoms. The molecule has 0 amide bonds. The van der Waals surface area contributed by atoms with Gasteiger partial charge in [0.2, 0.25) is 5.75 Å². The highest BCUT2D eigenvalue weighted by Crippen LogP contribution is 2.41.